The van der Waals surface area contributed by atoms with E-state index in [2.05, 4.69) is 46.3 Å². The molecule has 23 heavy (non-hydrogen) atoms. The first-order valence-electron chi connectivity index (χ1n) is 9.08. The van der Waals surface area contributed by atoms with Crippen molar-refractivity contribution in [2.45, 2.75) is 25.8 Å². The third-order valence-corrected chi connectivity index (χ3v) is 5.27. The van der Waals surface area contributed by atoms with Crippen LogP contribution in [0, 0.1) is 5.92 Å². The number of ether oxygens (including phenoxy) is 1. The van der Waals surface area contributed by atoms with Crippen molar-refractivity contribution in [3.63, 3.8) is 0 Å². The molecule has 0 aromatic heterocycles. The number of piperidine rings is 1. The fraction of sp³-hybridized carbons (Fsp3) is 0.684. The molecular weight excluding hydrogens is 286 g/mol. The summed E-state index contributed by atoms with van der Waals surface area (Å²) in [6.45, 7) is 10.4. The van der Waals surface area contributed by atoms with Crippen molar-refractivity contribution in [2.24, 2.45) is 5.92 Å². The smallest absolute Gasteiger partial charge is 0.123 e. The maximum Gasteiger partial charge on any atom is 0.123 e. The Balaban J connectivity index is 1.82. The second-order valence-electron chi connectivity index (χ2n) is 7.05. The lowest BCUT2D eigenvalue weighted by Gasteiger charge is -2.41. The van der Waals surface area contributed by atoms with Gasteiger partial charge in [0.2, 0.25) is 0 Å². The zero-order valence-electron chi connectivity index (χ0n) is 14.6. The van der Waals surface area contributed by atoms with Crippen LogP contribution < -0.4 is 10.1 Å². The lowest BCUT2D eigenvalue weighted by atomic mass is 9.95. The van der Waals surface area contributed by atoms with Crippen molar-refractivity contribution in [3.8, 4) is 5.75 Å². The van der Waals surface area contributed by atoms with Gasteiger partial charge >= 0.3 is 0 Å². The molecule has 1 aromatic carbocycles. The minimum absolute atomic E-state index is 0.437. The third kappa shape index (κ3) is 4.25. The van der Waals surface area contributed by atoms with Gasteiger partial charge in [-0.3, -0.25) is 9.80 Å². The van der Waals surface area contributed by atoms with E-state index in [1.807, 2.05) is 0 Å². The number of benzene rings is 1. The molecule has 0 bridgehead atoms. The monoisotopic (exact) mass is 317 g/mol. The maximum atomic E-state index is 5.68. The van der Waals surface area contributed by atoms with E-state index in [0.717, 1.165) is 44.4 Å². The van der Waals surface area contributed by atoms with Crippen LogP contribution in [0.5, 0.6) is 5.75 Å². The molecule has 2 heterocycles. The molecule has 1 aromatic rings. The summed E-state index contributed by atoms with van der Waals surface area (Å²) in [4.78, 5) is 5.29. The van der Waals surface area contributed by atoms with E-state index in [1.165, 1.54) is 31.5 Å². The fourth-order valence-electron chi connectivity index (χ4n) is 4.00. The minimum atomic E-state index is 0.437. The second kappa shape index (κ2) is 8.13. The van der Waals surface area contributed by atoms with Gasteiger partial charge in [-0.1, -0.05) is 25.1 Å². The van der Waals surface area contributed by atoms with E-state index in [4.69, 9.17) is 4.74 Å². The van der Waals surface area contributed by atoms with E-state index in [1.54, 1.807) is 7.11 Å². The lowest BCUT2D eigenvalue weighted by Crippen LogP contribution is -2.48. The van der Waals surface area contributed by atoms with Gasteiger partial charge < -0.3 is 10.1 Å². The van der Waals surface area contributed by atoms with E-state index in [0.29, 0.717) is 6.04 Å². The molecule has 2 atom stereocenters. The van der Waals surface area contributed by atoms with Crippen molar-refractivity contribution >= 4 is 0 Å². The zero-order chi connectivity index (χ0) is 16.1. The molecule has 0 amide bonds. The highest BCUT2D eigenvalue weighted by Gasteiger charge is 2.29. The molecule has 0 aliphatic carbocycles. The van der Waals surface area contributed by atoms with Crippen molar-refractivity contribution in [1.29, 1.82) is 0 Å². The van der Waals surface area contributed by atoms with Crippen LogP contribution in [0.3, 0.4) is 0 Å². The van der Waals surface area contributed by atoms with Gasteiger partial charge in [0, 0.05) is 44.8 Å². The van der Waals surface area contributed by atoms with Gasteiger partial charge in [0.25, 0.3) is 0 Å². The molecule has 3 rings (SSSR count). The van der Waals surface area contributed by atoms with Gasteiger partial charge in [-0.05, 0) is 31.4 Å². The third-order valence-electron chi connectivity index (χ3n) is 5.27. The van der Waals surface area contributed by atoms with E-state index < -0.39 is 0 Å². The Bertz CT molecular complexity index is 487. The van der Waals surface area contributed by atoms with Gasteiger partial charge in [0.05, 0.1) is 13.2 Å². The summed E-state index contributed by atoms with van der Waals surface area (Å²) in [6.07, 6.45) is 2.68. The van der Waals surface area contributed by atoms with Crippen molar-refractivity contribution < 1.29 is 4.74 Å². The van der Waals surface area contributed by atoms with Crippen molar-refractivity contribution in [1.82, 2.24) is 15.1 Å². The normalized spacial score (nSPS) is 25.2. The number of methoxy groups -OCH3 is 1. The summed E-state index contributed by atoms with van der Waals surface area (Å²) in [5, 5.41) is 3.46. The van der Waals surface area contributed by atoms with E-state index in [-0.39, 0.29) is 0 Å². The average Bonchev–Trinajstić information content (AvgIpc) is 2.60. The predicted molar refractivity (Wildman–Crippen MR) is 95.0 cm³/mol. The Morgan fingerprint density at radius 1 is 1.22 bits per heavy atom. The molecule has 2 aliphatic heterocycles. The molecule has 2 fully saturated rings. The van der Waals surface area contributed by atoms with Crippen LogP contribution >= 0.6 is 0 Å². The molecule has 2 unspecified atom stereocenters. The lowest BCUT2D eigenvalue weighted by molar-refractivity contribution is 0.0898. The van der Waals surface area contributed by atoms with Crippen LogP contribution in [0.1, 0.15) is 31.4 Å². The predicted octanol–water partition coefficient (Wildman–Crippen LogP) is 2.37. The summed E-state index contributed by atoms with van der Waals surface area (Å²) < 4.78 is 5.68. The SMILES string of the molecule is COc1ccccc1C(CN1CCNCC1)N1CCCC(C)C1. The summed E-state index contributed by atoms with van der Waals surface area (Å²) in [6, 6.07) is 9.02. The summed E-state index contributed by atoms with van der Waals surface area (Å²) in [5.74, 6) is 1.83. The Morgan fingerprint density at radius 2 is 2.00 bits per heavy atom. The molecule has 4 heteroatoms. The molecule has 0 radical (unpaired) electrons. The summed E-state index contributed by atoms with van der Waals surface area (Å²) in [5.41, 5.74) is 1.35. The zero-order valence-corrected chi connectivity index (χ0v) is 14.6. The van der Waals surface area contributed by atoms with Gasteiger partial charge in [-0.2, -0.15) is 0 Å². The molecule has 128 valence electrons. The first-order valence-corrected chi connectivity index (χ1v) is 9.08. The van der Waals surface area contributed by atoms with Gasteiger partial charge in [0.15, 0.2) is 0 Å². The largest absolute Gasteiger partial charge is 0.496 e. The van der Waals surface area contributed by atoms with Crippen LogP contribution in [0.25, 0.3) is 0 Å². The van der Waals surface area contributed by atoms with Gasteiger partial charge in [0.1, 0.15) is 5.75 Å². The molecular formula is C19H31N3O. The number of piperazine rings is 1. The molecule has 2 saturated heterocycles. The van der Waals surface area contributed by atoms with Crippen LogP contribution in [-0.2, 0) is 0 Å². The maximum absolute atomic E-state index is 5.68. The fourth-order valence-corrected chi connectivity index (χ4v) is 4.00. The number of nitrogens with zero attached hydrogens (tertiary/aromatic N) is 2. The number of hydrogen-bond acceptors (Lipinski definition) is 4. The summed E-state index contributed by atoms with van der Waals surface area (Å²) >= 11 is 0. The molecule has 4 nitrogen and oxygen atoms in total. The van der Waals surface area contributed by atoms with Crippen LogP contribution in [-0.4, -0.2) is 62.7 Å². The summed E-state index contributed by atoms with van der Waals surface area (Å²) in [7, 11) is 1.79. The standard InChI is InChI=1S/C19H31N3O/c1-16-6-5-11-22(14-16)18(15-21-12-9-20-10-13-21)17-7-3-4-8-19(17)23-2/h3-4,7-8,16,18,20H,5-6,9-15H2,1-2H3. The average molecular weight is 317 g/mol. The van der Waals surface area contributed by atoms with Crippen LogP contribution in [0.2, 0.25) is 0 Å². The van der Waals surface area contributed by atoms with E-state index >= 15 is 0 Å². The number of hydrogen-bond donors (Lipinski definition) is 1. The van der Waals surface area contributed by atoms with Crippen molar-refractivity contribution in [2.75, 3.05) is 52.9 Å². The Labute approximate surface area is 140 Å². The minimum Gasteiger partial charge on any atom is -0.496 e. The van der Waals surface area contributed by atoms with Crippen molar-refractivity contribution in [3.05, 3.63) is 29.8 Å². The molecule has 1 N–H and O–H groups in total. The van der Waals surface area contributed by atoms with Crippen LogP contribution in [0.4, 0.5) is 0 Å². The topological polar surface area (TPSA) is 27.7 Å². The second-order valence-corrected chi connectivity index (χ2v) is 7.05. The number of likely N-dealkylation sites (tertiary alicyclic amines) is 1. The number of rotatable bonds is 5. The molecule has 2 aliphatic rings. The quantitative estimate of drug-likeness (QED) is 0.902. The highest BCUT2D eigenvalue weighted by atomic mass is 16.5. The Kier molecular flexibility index (Phi) is 5.92. The highest BCUT2D eigenvalue weighted by Crippen LogP contribution is 2.33. The number of para-hydroxylation sites is 1. The first kappa shape index (κ1) is 16.7. The Morgan fingerprint density at radius 3 is 2.74 bits per heavy atom. The molecule has 0 saturated carbocycles. The van der Waals surface area contributed by atoms with Crippen LogP contribution in [0.15, 0.2) is 24.3 Å². The van der Waals surface area contributed by atoms with Gasteiger partial charge in [-0.15, -0.1) is 0 Å². The van der Waals surface area contributed by atoms with E-state index in [9.17, 15) is 0 Å². The van der Waals surface area contributed by atoms with Gasteiger partial charge in [-0.25, -0.2) is 0 Å². The Hall–Kier alpha value is -1.10. The first-order chi connectivity index (χ1) is 11.3. The number of nitrogens with one attached hydrogen (secondary N) is 1. The molecule has 0 spiro atoms. The highest BCUT2D eigenvalue weighted by molar-refractivity contribution is 5.36.